The van der Waals surface area contributed by atoms with Crippen molar-refractivity contribution in [2.45, 2.75) is 16.7 Å². The van der Waals surface area contributed by atoms with Crippen molar-refractivity contribution in [2.75, 3.05) is 6.61 Å². The summed E-state index contributed by atoms with van der Waals surface area (Å²) in [5, 5.41) is 18.5. The molecule has 0 amide bonds. The van der Waals surface area contributed by atoms with E-state index in [1.165, 1.54) is 0 Å². The van der Waals surface area contributed by atoms with Gasteiger partial charge >= 0.3 is 0 Å². The van der Waals surface area contributed by atoms with Gasteiger partial charge in [0, 0.05) is 4.90 Å². The van der Waals surface area contributed by atoms with Crippen LogP contribution in [-0.4, -0.2) is 6.61 Å². The van der Waals surface area contributed by atoms with E-state index in [0.717, 1.165) is 11.8 Å². The van der Waals surface area contributed by atoms with Gasteiger partial charge in [0.2, 0.25) is 0 Å². The maximum Gasteiger partial charge on any atom is 0.186 e. The van der Waals surface area contributed by atoms with Crippen LogP contribution in [0.4, 0.5) is 8.78 Å². The van der Waals surface area contributed by atoms with Crippen LogP contribution in [0.1, 0.15) is 18.1 Å². The van der Waals surface area contributed by atoms with E-state index in [1.807, 2.05) is 6.92 Å². The van der Waals surface area contributed by atoms with Crippen LogP contribution in [0.3, 0.4) is 0 Å². The van der Waals surface area contributed by atoms with E-state index in [4.69, 9.17) is 9.47 Å². The molecule has 0 saturated carbocycles. The number of halogens is 2. The van der Waals surface area contributed by atoms with Crippen LogP contribution >= 0.6 is 11.8 Å². The summed E-state index contributed by atoms with van der Waals surface area (Å²) in [5.41, 5.74) is -1.34. The average Bonchev–Trinajstić information content (AvgIpc) is 2.75. The Kier molecular flexibility index (Phi) is 6.33. The van der Waals surface area contributed by atoms with E-state index in [2.05, 4.69) is 0 Å². The molecule has 0 aromatic heterocycles. The molecule has 0 aliphatic rings. The van der Waals surface area contributed by atoms with Crippen LogP contribution in [-0.2, 0) is 0 Å². The van der Waals surface area contributed by atoms with Crippen LogP contribution in [0, 0.1) is 34.3 Å². The van der Waals surface area contributed by atoms with Crippen molar-refractivity contribution in [2.24, 2.45) is 0 Å². The lowest BCUT2D eigenvalue weighted by Crippen LogP contribution is -2.02. The van der Waals surface area contributed by atoms with Gasteiger partial charge in [0.25, 0.3) is 0 Å². The highest BCUT2D eigenvalue weighted by Crippen LogP contribution is 2.43. The van der Waals surface area contributed by atoms with Gasteiger partial charge < -0.3 is 9.47 Å². The molecule has 0 saturated heterocycles. The Labute approximate surface area is 170 Å². The zero-order valence-electron chi connectivity index (χ0n) is 15.3. The minimum Gasteiger partial charge on any atom is -0.494 e. The standard InChI is InChI=1S/C22H14F2N2O2S/c1-2-27-14-8-10-16(11-9-14)29-22-20(24)18(13-26)17(12-25)19(23)21(22)28-15-6-4-3-5-7-15/h3-11H,2H2,1H3. The minimum atomic E-state index is -1.08. The fraction of sp³-hybridized carbons (Fsp3) is 0.0909. The zero-order valence-corrected chi connectivity index (χ0v) is 16.1. The van der Waals surface area contributed by atoms with Crippen LogP contribution in [0.25, 0.3) is 0 Å². The molecule has 7 heteroatoms. The molecular weight excluding hydrogens is 394 g/mol. The molecule has 0 aliphatic carbocycles. The molecule has 0 heterocycles. The van der Waals surface area contributed by atoms with Crippen molar-refractivity contribution < 1.29 is 18.3 Å². The summed E-state index contributed by atoms with van der Waals surface area (Å²) in [7, 11) is 0. The second kappa shape index (κ2) is 9.09. The Hall–Kier alpha value is -3.55. The molecule has 3 aromatic rings. The summed E-state index contributed by atoms with van der Waals surface area (Å²) in [4.78, 5) is 0.365. The first kappa shape index (κ1) is 20.2. The van der Waals surface area contributed by atoms with Crippen molar-refractivity contribution in [3.05, 3.63) is 77.4 Å². The Morgan fingerprint density at radius 2 is 1.48 bits per heavy atom. The van der Waals surface area contributed by atoms with Crippen LogP contribution in [0.2, 0.25) is 0 Å². The predicted molar refractivity (Wildman–Crippen MR) is 104 cm³/mol. The lowest BCUT2D eigenvalue weighted by molar-refractivity contribution is 0.340. The molecule has 0 N–H and O–H groups in total. The molecule has 0 bridgehead atoms. The van der Waals surface area contributed by atoms with Crippen LogP contribution in [0.15, 0.2) is 64.4 Å². The van der Waals surface area contributed by atoms with Crippen LogP contribution < -0.4 is 9.47 Å². The maximum absolute atomic E-state index is 15.1. The quantitative estimate of drug-likeness (QED) is 0.497. The number of hydrogen-bond acceptors (Lipinski definition) is 5. The van der Waals surface area contributed by atoms with E-state index in [9.17, 15) is 10.5 Å². The van der Waals surface area contributed by atoms with Gasteiger partial charge in [0.15, 0.2) is 17.4 Å². The highest BCUT2D eigenvalue weighted by Gasteiger charge is 2.27. The van der Waals surface area contributed by atoms with Gasteiger partial charge in [-0.1, -0.05) is 30.0 Å². The largest absolute Gasteiger partial charge is 0.494 e. The van der Waals surface area contributed by atoms with E-state index < -0.39 is 28.5 Å². The topological polar surface area (TPSA) is 66.0 Å². The number of ether oxygens (including phenoxy) is 2. The third-order valence-corrected chi connectivity index (χ3v) is 4.91. The first-order valence-corrected chi connectivity index (χ1v) is 9.39. The van der Waals surface area contributed by atoms with Crippen molar-refractivity contribution >= 4 is 11.8 Å². The number of nitrogens with zero attached hydrogens (tertiary/aromatic N) is 2. The molecule has 3 rings (SSSR count). The van der Waals surface area contributed by atoms with Gasteiger partial charge in [-0.2, -0.15) is 10.5 Å². The number of benzene rings is 3. The van der Waals surface area contributed by atoms with Gasteiger partial charge in [-0.3, -0.25) is 0 Å². The summed E-state index contributed by atoms with van der Waals surface area (Å²) < 4.78 is 41.1. The monoisotopic (exact) mass is 408 g/mol. The Balaban J connectivity index is 2.11. The van der Waals surface area contributed by atoms with E-state index in [1.54, 1.807) is 66.7 Å². The van der Waals surface area contributed by atoms with Gasteiger partial charge in [-0.15, -0.1) is 0 Å². The summed E-state index contributed by atoms with van der Waals surface area (Å²) >= 11 is 0.894. The predicted octanol–water partition coefficient (Wildman–Crippen LogP) is 6.05. The molecule has 4 nitrogen and oxygen atoms in total. The molecule has 0 atom stereocenters. The summed E-state index contributed by atoms with van der Waals surface area (Å²) in [6.07, 6.45) is 0. The molecule has 3 aromatic carbocycles. The summed E-state index contributed by atoms with van der Waals surface area (Å²) in [6.45, 7) is 2.36. The second-order valence-electron chi connectivity index (χ2n) is 5.68. The maximum atomic E-state index is 15.1. The van der Waals surface area contributed by atoms with Gasteiger partial charge in [-0.05, 0) is 43.3 Å². The Bertz CT molecular complexity index is 1110. The smallest absolute Gasteiger partial charge is 0.186 e. The minimum absolute atomic E-state index is 0.217. The van der Waals surface area contributed by atoms with Crippen molar-refractivity contribution in [1.29, 1.82) is 10.5 Å². The molecule has 0 aliphatic heterocycles. The number of nitriles is 2. The average molecular weight is 408 g/mol. The van der Waals surface area contributed by atoms with Crippen molar-refractivity contribution in [3.63, 3.8) is 0 Å². The fourth-order valence-electron chi connectivity index (χ4n) is 2.53. The van der Waals surface area contributed by atoms with Crippen LogP contribution in [0.5, 0.6) is 17.2 Å². The summed E-state index contributed by atoms with van der Waals surface area (Å²) in [6, 6.07) is 18.2. The first-order valence-electron chi connectivity index (χ1n) is 8.57. The van der Waals surface area contributed by atoms with E-state index in [0.29, 0.717) is 17.3 Å². The molecule has 0 radical (unpaired) electrons. The molecule has 0 fully saturated rings. The Morgan fingerprint density at radius 1 is 0.862 bits per heavy atom. The van der Waals surface area contributed by atoms with E-state index in [-0.39, 0.29) is 10.6 Å². The number of rotatable bonds is 6. The SMILES string of the molecule is CCOc1ccc(Sc2c(F)c(C#N)c(C#N)c(F)c2Oc2ccccc2)cc1. The number of hydrogen-bond donors (Lipinski definition) is 0. The number of para-hydroxylation sites is 1. The highest BCUT2D eigenvalue weighted by atomic mass is 32.2. The molecular formula is C22H14F2N2O2S. The van der Waals surface area contributed by atoms with Gasteiger partial charge in [0.05, 0.1) is 11.5 Å². The van der Waals surface area contributed by atoms with Crippen molar-refractivity contribution in [1.82, 2.24) is 0 Å². The third kappa shape index (κ3) is 4.31. The molecule has 144 valence electrons. The lowest BCUT2D eigenvalue weighted by atomic mass is 10.1. The Morgan fingerprint density at radius 3 is 2.07 bits per heavy atom. The fourth-order valence-corrected chi connectivity index (χ4v) is 3.46. The van der Waals surface area contributed by atoms with Gasteiger partial charge in [-0.25, -0.2) is 8.78 Å². The van der Waals surface area contributed by atoms with E-state index >= 15 is 8.78 Å². The van der Waals surface area contributed by atoms with Gasteiger partial charge in [0.1, 0.15) is 34.8 Å². The first-order chi connectivity index (χ1) is 14.1. The lowest BCUT2D eigenvalue weighted by Gasteiger charge is -2.15. The third-order valence-electron chi connectivity index (χ3n) is 3.84. The molecule has 0 spiro atoms. The summed E-state index contributed by atoms with van der Waals surface area (Å²) in [5.74, 6) is -1.61. The molecule has 0 unspecified atom stereocenters. The highest BCUT2D eigenvalue weighted by molar-refractivity contribution is 7.99. The van der Waals surface area contributed by atoms with Crippen molar-refractivity contribution in [3.8, 4) is 29.4 Å². The molecule has 29 heavy (non-hydrogen) atoms. The second-order valence-corrected chi connectivity index (χ2v) is 6.77. The zero-order chi connectivity index (χ0) is 20.8. The normalized spacial score (nSPS) is 10.1.